The van der Waals surface area contributed by atoms with Crippen molar-refractivity contribution in [3.8, 4) is 28.3 Å². The molecule has 10 nitrogen and oxygen atoms in total. The van der Waals surface area contributed by atoms with E-state index in [9.17, 15) is 14.4 Å². The number of nitrogens with zero attached hydrogens (tertiary/aromatic N) is 4. The molecular formula is C34H32ClFN6O4. The quantitative estimate of drug-likeness (QED) is 0.310. The zero-order chi connectivity index (χ0) is 32.3. The monoisotopic (exact) mass is 642 g/mol. The number of methoxy groups -OCH3 is 1. The Labute approximate surface area is 269 Å². The van der Waals surface area contributed by atoms with Crippen molar-refractivity contribution in [2.75, 3.05) is 25.5 Å². The highest BCUT2D eigenvalue weighted by Crippen LogP contribution is 2.48. The second-order valence-electron chi connectivity index (χ2n) is 12.3. The van der Waals surface area contributed by atoms with E-state index in [2.05, 4.69) is 20.6 Å². The maximum absolute atomic E-state index is 15.6. The first kappa shape index (κ1) is 30.1. The fraction of sp³-hybridized carbons (Fsp3) is 0.324. The van der Waals surface area contributed by atoms with Gasteiger partial charge in [-0.15, -0.1) is 0 Å². The molecule has 4 heterocycles. The molecule has 236 valence electrons. The maximum Gasteiger partial charge on any atom is 0.279 e. The molecule has 2 saturated heterocycles. The summed E-state index contributed by atoms with van der Waals surface area (Å²) in [6.07, 6.45) is 4.55. The maximum atomic E-state index is 15.6. The van der Waals surface area contributed by atoms with Crippen LogP contribution in [0.2, 0.25) is 5.02 Å². The Bertz CT molecular complexity index is 1990. The third-order valence-corrected chi connectivity index (χ3v) is 9.87. The number of benzene rings is 2. The number of nitrogens with one attached hydrogen (secondary N) is 2. The largest absolute Gasteiger partial charge is 0.481 e. The standard InChI is InChI=1S/C34H32ClFN6O4/c1-18-20(5-4-6-24(18)38-31(44)22-12-14-37-41(2)33(22)45)29-23(36)9-8-21(30(29)35)25-15-19-7-10-26(28(19)32(39-25)46-3)42-16-34(17-42)13-11-27(43)40-34/h4-6,8-9,12,14-15,26H,7,10-11,13,16-17H2,1-3H3,(H,38,44)(H,40,43)/t26-/m0/s1. The van der Waals surface area contributed by atoms with Gasteiger partial charge in [0.25, 0.3) is 11.5 Å². The van der Waals surface area contributed by atoms with Gasteiger partial charge >= 0.3 is 0 Å². The van der Waals surface area contributed by atoms with Crippen LogP contribution in [0.4, 0.5) is 10.1 Å². The number of carbonyl (C=O) groups is 2. The summed E-state index contributed by atoms with van der Waals surface area (Å²) in [6, 6.07) is 11.6. The van der Waals surface area contributed by atoms with E-state index in [1.54, 1.807) is 38.3 Å². The van der Waals surface area contributed by atoms with Crippen molar-refractivity contribution in [3.05, 3.63) is 92.1 Å². The van der Waals surface area contributed by atoms with Gasteiger partial charge in [-0.2, -0.15) is 5.10 Å². The number of anilines is 1. The summed E-state index contributed by atoms with van der Waals surface area (Å²) in [5, 5.41) is 9.96. The first-order valence-electron chi connectivity index (χ1n) is 15.1. The van der Waals surface area contributed by atoms with Crippen molar-refractivity contribution < 1.29 is 18.7 Å². The summed E-state index contributed by atoms with van der Waals surface area (Å²) in [4.78, 5) is 44.5. The van der Waals surface area contributed by atoms with Gasteiger partial charge in [0, 0.05) is 61.2 Å². The number of hydrogen-bond acceptors (Lipinski definition) is 7. The van der Waals surface area contributed by atoms with Crippen molar-refractivity contribution in [3.63, 3.8) is 0 Å². The summed E-state index contributed by atoms with van der Waals surface area (Å²) < 4.78 is 22.5. The molecule has 3 aliphatic rings. The fourth-order valence-electron chi connectivity index (χ4n) is 7.11. The lowest BCUT2D eigenvalue weighted by Crippen LogP contribution is -2.67. The molecule has 2 aliphatic heterocycles. The Hall–Kier alpha value is -4.61. The van der Waals surface area contributed by atoms with Crippen LogP contribution < -0.4 is 20.9 Å². The van der Waals surface area contributed by atoms with Gasteiger partial charge < -0.3 is 15.4 Å². The molecule has 1 spiro atoms. The summed E-state index contributed by atoms with van der Waals surface area (Å²) >= 11 is 6.98. The minimum Gasteiger partial charge on any atom is -0.481 e. The predicted octanol–water partition coefficient (Wildman–Crippen LogP) is 4.82. The van der Waals surface area contributed by atoms with Gasteiger partial charge in [-0.1, -0.05) is 23.7 Å². The van der Waals surface area contributed by atoms with Crippen LogP contribution in [-0.2, 0) is 18.3 Å². The van der Waals surface area contributed by atoms with E-state index in [1.165, 1.54) is 25.4 Å². The Kier molecular flexibility index (Phi) is 7.40. The van der Waals surface area contributed by atoms with E-state index in [-0.39, 0.29) is 33.6 Å². The molecule has 2 amide bonds. The molecule has 12 heteroatoms. The minimum atomic E-state index is -0.599. The zero-order valence-corrected chi connectivity index (χ0v) is 26.4. The zero-order valence-electron chi connectivity index (χ0n) is 25.6. The van der Waals surface area contributed by atoms with Gasteiger partial charge in [-0.25, -0.2) is 14.1 Å². The molecule has 2 aromatic heterocycles. The average molecular weight is 643 g/mol. The van der Waals surface area contributed by atoms with Gasteiger partial charge in [0.15, 0.2) is 0 Å². The number of hydrogen-bond donors (Lipinski definition) is 2. The van der Waals surface area contributed by atoms with Crippen LogP contribution in [0.15, 0.2) is 53.5 Å². The summed E-state index contributed by atoms with van der Waals surface area (Å²) in [5.41, 5.74) is 4.22. The summed E-state index contributed by atoms with van der Waals surface area (Å²) in [6.45, 7) is 3.36. The van der Waals surface area contributed by atoms with Gasteiger partial charge in [-0.3, -0.25) is 19.3 Å². The van der Waals surface area contributed by atoms with Gasteiger partial charge in [0.2, 0.25) is 11.8 Å². The summed E-state index contributed by atoms with van der Waals surface area (Å²) in [7, 11) is 3.06. The van der Waals surface area contributed by atoms with E-state index in [0.29, 0.717) is 40.4 Å². The van der Waals surface area contributed by atoms with Crippen LogP contribution in [0.1, 0.15) is 52.4 Å². The molecule has 0 unspecified atom stereocenters. The molecular weight excluding hydrogens is 611 g/mol. The third-order valence-electron chi connectivity index (χ3n) is 9.48. The molecule has 1 atom stereocenters. The molecule has 2 fully saturated rings. The lowest BCUT2D eigenvalue weighted by molar-refractivity contribution is -0.121. The van der Waals surface area contributed by atoms with Crippen molar-refractivity contribution in [1.29, 1.82) is 0 Å². The van der Waals surface area contributed by atoms with E-state index >= 15 is 4.39 Å². The smallest absolute Gasteiger partial charge is 0.279 e. The lowest BCUT2D eigenvalue weighted by atomic mass is 9.86. The highest BCUT2D eigenvalue weighted by Gasteiger charge is 2.51. The molecule has 0 bridgehead atoms. The van der Waals surface area contributed by atoms with E-state index in [1.807, 2.05) is 6.07 Å². The number of fused-ring (bicyclic) bond motifs is 1. The molecule has 0 radical (unpaired) electrons. The highest BCUT2D eigenvalue weighted by atomic mass is 35.5. The molecule has 1 aliphatic carbocycles. The van der Waals surface area contributed by atoms with Crippen molar-refractivity contribution in [1.82, 2.24) is 25.0 Å². The normalized spacial score (nSPS) is 18.3. The number of aryl methyl sites for hydroxylation is 2. The number of carbonyl (C=O) groups excluding carboxylic acids is 2. The molecule has 4 aromatic rings. The Morgan fingerprint density at radius 1 is 1.15 bits per heavy atom. The van der Waals surface area contributed by atoms with Gasteiger partial charge in [-0.05, 0) is 73.2 Å². The second-order valence-corrected chi connectivity index (χ2v) is 12.6. The van der Waals surface area contributed by atoms with Crippen molar-refractivity contribution in [2.45, 2.75) is 44.2 Å². The number of rotatable bonds is 6. The van der Waals surface area contributed by atoms with Crippen LogP contribution in [-0.4, -0.2) is 57.2 Å². The van der Waals surface area contributed by atoms with Crippen LogP contribution in [0.3, 0.4) is 0 Å². The van der Waals surface area contributed by atoms with Crippen molar-refractivity contribution in [2.24, 2.45) is 7.05 Å². The summed E-state index contributed by atoms with van der Waals surface area (Å²) in [5.74, 6) is -0.494. The van der Waals surface area contributed by atoms with Crippen LogP contribution in [0.25, 0.3) is 22.4 Å². The number of ether oxygens (including phenoxy) is 1. The first-order chi connectivity index (χ1) is 22.1. The van der Waals surface area contributed by atoms with E-state index in [0.717, 1.165) is 48.2 Å². The van der Waals surface area contributed by atoms with Gasteiger partial charge in [0.05, 0.1) is 23.4 Å². The van der Waals surface area contributed by atoms with Crippen molar-refractivity contribution >= 4 is 29.1 Å². The molecule has 2 aromatic carbocycles. The van der Waals surface area contributed by atoms with E-state index in [4.69, 9.17) is 21.3 Å². The number of halogens is 2. The van der Waals surface area contributed by atoms with Gasteiger partial charge in [0.1, 0.15) is 11.4 Å². The number of amides is 2. The fourth-order valence-corrected chi connectivity index (χ4v) is 7.46. The average Bonchev–Trinajstić information content (AvgIpc) is 3.62. The number of aromatic nitrogens is 3. The Balaban J connectivity index is 1.21. The molecule has 7 rings (SSSR count). The lowest BCUT2D eigenvalue weighted by Gasteiger charge is -2.50. The second kappa shape index (κ2) is 11.3. The molecule has 46 heavy (non-hydrogen) atoms. The van der Waals surface area contributed by atoms with Crippen LogP contribution >= 0.6 is 11.6 Å². The molecule has 0 saturated carbocycles. The number of likely N-dealkylation sites (tertiary alicyclic amines) is 1. The molecule has 2 N–H and O–H groups in total. The highest BCUT2D eigenvalue weighted by molar-refractivity contribution is 6.36. The topological polar surface area (TPSA) is 118 Å². The third kappa shape index (κ3) is 4.94. The van der Waals surface area contributed by atoms with Crippen LogP contribution in [0, 0.1) is 12.7 Å². The SMILES string of the molecule is COc1nc(-c2ccc(F)c(-c3cccc(NC(=O)c4ccnn(C)c4=O)c3C)c2Cl)cc2c1[C@@H](N1CC3(CCC(=O)N3)C1)CC2. The van der Waals surface area contributed by atoms with Crippen LogP contribution in [0.5, 0.6) is 5.88 Å². The minimum absolute atomic E-state index is 0.0636. The number of pyridine rings is 1. The first-order valence-corrected chi connectivity index (χ1v) is 15.5. The van der Waals surface area contributed by atoms with E-state index < -0.39 is 17.3 Å². The Morgan fingerprint density at radius 3 is 2.70 bits per heavy atom. The predicted molar refractivity (Wildman–Crippen MR) is 172 cm³/mol. The Morgan fingerprint density at radius 2 is 1.96 bits per heavy atom.